The van der Waals surface area contributed by atoms with E-state index < -0.39 is 30.1 Å². The number of halogens is 3. The van der Waals surface area contributed by atoms with Crippen LogP contribution in [-0.4, -0.2) is 23.6 Å². The van der Waals surface area contributed by atoms with Gasteiger partial charge in [0.1, 0.15) is 17.4 Å². The summed E-state index contributed by atoms with van der Waals surface area (Å²) in [6.45, 7) is -0.687. The molecule has 0 atom stereocenters. The Hall–Kier alpha value is -2.48. The van der Waals surface area contributed by atoms with E-state index in [2.05, 4.69) is 21.2 Å². The van der Waals surface area contributed by atoms with Crippen molar-refractivity contribution in [3.8, 4) is 5.75 Å². The SMILES string of the molecule is O=C(O)COc1cc(F)ccc1NC(=O)Cc1ccc(Br)cc1F. The fraction of sp³-hybridized carbons (Fsp3) is 0.125. The topological polar surface area (TPSA) is 75.6 Å². The molecule has 0 heterocycles. The van der Waals surface area contributed by atoms with Gasteiger partial charge in [-0.1, -0.05) is 22.0 Å². The first-order valence-corrected chi connectivity index (χ1v) is 7.52. The number of rotatable bonds is 6. The predicted molar refractivity (Wildman–Crippen MR) is 86.0 cm³/mol. The van der Waals surface area contributed by atoms with E-state index in [1.807, 2.05) is 0 Å². The average Bonchev–Trinajstić information content (AvgIpc) is 2.50. The number of carbonyl (C=O) groups is 2. The van der Waals surface area contributed by atoms with Gasteiger partial charge < -0.3 is 15.2 Å². The Balaban J connectivity index is 2.11. The molecule has 0 saturated heterocycles. The maximum Gasteiger partial charge on any atom is 0.341 e. The van der Waals surface area contributed by atoms with Gasteiger partial charge >= 0.3 is 5.97 Å². The number of carbonyl (C=O) groups excluding carboxylic acids is 1. The second-order valence-corrected chi connectivity index (χ2v) is 5.70. The van der Waals surface area contributed by atoms with E-state index in [0.29, 0.717) is 4.47 Å². The van der Waals surface area contributed by atoms with Crippen molar-refractivity contribution in [3.63, 3.8) is 0 Å². The smallest absolute Gasteiger partial charge is 0.341 e. The van der Waals surface area contributed by atoms with Crippen molar-refractivity contribution in [1.82, 2.24) is 0 Å². The molecule has 126 valence electrons. The minimum absolute atomic E-state index is 0.0974. The lowest BCUT2D eigenvalue weighted by molar-refractivity contribution is -0.139. The summed E-state index contributed by atoms with van der Waals surface area (Å²) in [5, 5.41) is 11.1. The van der Waals surface area contributed by atoms with E-state index >= 15 is 0 Å². The zero-order valence-corrected chi connectivity index (χ0v) is 13.8. The fourth-order valence-corrected chi connectivity index (χ4v) is 2.22. The monoisotopic (exact) mass is 399 g/mol. The van der Waals surface area contributed by atoms with Crippen LogP contribution in [0.1, 0.15) is 5.56 Å². The van der Waals surface area contributed by atoms with Gasteiger partial charge in [0.15, 0.2) is 6.61 Å². The zero-order chi connectivity index (χ0) is 17.7. The number of anilines is 1. The summed E-state index contributed by atoms with van der Waals surface area (Å²) in [5.74, 6) is -3.10. The molecule has 8 heteroatoms. The zero-order valence-electron chi connectivity index (χ0n) is 12.2. The highest BCUT2D eigenvalue weighted by Crippen LogP contribution is 2.26. The number of carboxylic acids is 1. The third-order valence-electron chi connectivity index (χ3n) is 2.94. The molecule has 2 rings (SSSR count). The standard InChI is InChI=1S/C16H12BrF2NO4/c17-10-2-1-9(12(19)6-10)5-15(21)20-13-4-3-11(18)7-14(13)24-8-16(22)23/h1-4,6-7H,5,8H2,(H,20,21)(H,22,23). The van der Waals surface area contributed by atoms with Gasteiger partial charge in [0, 0.05) is 10.5 Å². The number of nitrogens with one attached hydrogen (secondary N) is 1. The molecule has 2 aromatic carbocycles. The Morgan fingerprint density at radius 3 is 2.58 bits per heavy atom. The van der Waals surface area contributed by atoms with Crippen molar-refractivity contribution >= 4 is 33.5 Å². The van der Waals surface area contributed by atoms with Crippen molar-refractivity contribution in [1.29, 1.82) is 0 Å². The first-order valence-electron chi connectivity index (χ1n) is 6.73. The quantitative estimate of drug-likeness (QED) is 0.780. The summed E-state index contributed by atoms with van der Waals surface area (Å²) < 4.78 is 32.5. The van der Waals surface area contributed by atoms with Crippen LogP contribution in [0, 0.1) is 11.6 Å². The molecule has 2 N–H and O–H groups in total. The molecule has 0 radical (unpaired) electrons. The summed E-state index contributed by atoms with van der Waals surface area (Å²) in [5.41, 5.74) is 0.283. The Morgan fingerprint density at radius 1 is 1.17 bits per heavy atom. The molecular formula is C16H12BrF2NO4. The number of hydrogen-bond donors (Lipinski definition) is 2. The van der Waals surface area contributed by atoms with Crippen molar-refractivity contribution < 1.29 is 28.2 Å². The summed E-state index contributed by atoms with van der Waals surface area (Å²) in [6.07, 6.45) is -0.241. The minimum atomic E-state index is -1.24. The minimum Gasteiger partial charge on any atom is -0.480 e. The molecule has 0 unspecified atom stereocenters. The first-order chi connectivity index (χ1) is 11.3. The molecule has 0 aliphatic heterocycles. The van der Waals surface area contributed by atoms with Gasteiger partial charge in [-0.05, 0) is 29.8 Å². The number of aliphatic carboxylic acids is 1. The number of amides is 1. The summed E-state index contributed by atoms with van der Waals surface area (Å²) in [4.78, 5) is 22.6. The molecular weight excluding hydrogens is 388 g/mol. The Kier molecular flexibility index (Phi) is 5.86. The molecule has 0 aliphatic carbocycles. The third-order valence-corrected chi connectivity index (χ3v) is 3.43. The molecule has 0 spiro atoms. The molecule has 0 bridgehead atoms. The maximum atomic E-state index is 13.7. The molecule has 0 aromatic heterocycles. The molecule has 1 amide bonds. The van der Waals surface area contributed by atoms with Crippen LogP contribution in [0.4, 0.5) is 14.5 Å². The van der Waals surface area contributed by atoms with Gasteiger partial charge in [-0.25, -0.2) is 13.6 Å². The van der Waals surface area contributed by atoms with Crippen LogP contribution < -0.4 is 10.1 Å². The van der Waals surface area contributed by atoms with E-state index in [4.69, 9.17) is 9.84 Å². The Labute approximate surface area is 144 Å². The Bertz CT molecular complexity index is 783. The normalized spacial score (nSPS) is 10.3. The van der Waals surface area contributed by atoms with Crippen LogP contribution >= 0.6 is 15.9 Å². The molecule has 5 nitrogen and oxygen atoms in total. The fourth-order valence-electron chi connectivity index (χ4n) is 1.89. The van der Waals surface area contributed by atoms with Crippen LogP contribution in [0.5, 0.6) is 5.75 Å². The van der Waals surface area contributed by atoms with Gasteiger partial charge in [0.25, 0.3) is 0 Å². The molecule has 24 heavy (non-hydrogen) atoms. The lowest BCUT2D eigenvalue weighted by Crippen LogP contribution is -2.17. The predicted octanol–water partition coefficient (Wildman–Crippen LogP) is 3.37. The second kappa shape index (κ2) is 7.87. The van der Waals surface area contributed by atoms with Crippen molar-refractivity contribution in [3.05, 3.63) is 58.1 Å². The van der Waals surface area contributed by atoms with Crippen LogP contribution in [0.2, 0.25) is 0 Å². The summed E-state index contributed by atoms with van der Waals surface area (Å²) in [6, 6.07) is 7.59. The number of hydrogen-bond acceptors (Lipinski definition) is 3. The maximum absolute atomic E-state index is 13.7. The average molecular weight is 400 g/mol. The van der Waals surface area contributed by atoms with Gasteiger partial charge in [-0.15, -0.1) is 0 Å². The second-order valence-electron chi connectivity index (χ2n) is 4.78. The van der Waals surface area contributed by atoms with E-state index in [0.717, 1.165) is 12.1 Å². The van der Waals surface area contributed by atoms with E-state index in [1.54, 1.807) is 6.07 Å². The first kappa shape index (κ1) is 17.9. The van der Waals surface area contributed by atoms with Crippen molar-refractivity contribution in [2.75, 3.05) is 11.9 Å². The van der Waals surface area contributed by atoms with Crippen molar-refractivity contribution in [2.45, 2.75) is 6.42 Å². The van der Waals surface area contributed by atoms with Gasteiger partial charge in [-0.2, -0.15) is 0 Å². The highest BCUT2D eigenvalue weighted by atomic mass is 79.9. The number of benzene rings is 2. The van der Waals surface area contributed by atoms with Crippen LogP contribution in [0.15, 0.2) is 40.9 Å². The third kappa shape index (κ3) is 5.02. The summed E-state index contributed by atoms with van der Waals surface area (Å²) >= 11 is 3.12. The van der Waals surface area contributed by atoms with Crippen molar-refractivity contribution in [2.24, 2.45) is 0 Å². The highest BCUT2D eigenvalue weighted by molar-refractivity contribution is 9.10. The highest BCUT2D eigenvalue weighted by Gasteiger charge is 2.13. The van der Waals surface area contributed by atoms with Crippen LogP contribution in [0.3, 0.4) is 0 Å². The molecule has 0 saturated carbocycles. The number of carboxylic acid groups (broad SMARTS) is 1. The van der Waals surface area contributed by atoms with Gasteiger partial charge in [-0.3, -0.25) is 4.79 Å². The number of ether oxygens (including phenoxy) is 1. The van der Waals surface area contributed by atoms with Gasteiger partial charge in [0.05, 0.1) is 12.1 Å². The molecule has 0 fully saturated rings. The van der Waals surface area contributed by atoms with E-state index in [9.17, 15) is 18.4 Å². The molecule has 0 aliphatic rings. The van der Waals surface area contributed by atoms with Crippen LogP contribution in [0.25, 0.3) is 0 Å². The largest absolute Gasteiger partial charge is 0.480 e. The Morgan fingerprint density at radius 2 is 1.92 bits per heavy atom. The van der Waals surface area contributed by atoms with E-state index in [1.165, 1.54) is 18.2 Å². The molecule has 2 aromatic rings. The van der Waals surface area contributed by atoms with Crippen LogP contribution in [-0.2, 0) is 16.0 Å². The lowest BCUT2D eigenvalue weighted by Gasteiger charge is -2.12. The summed E-state index contributed by atoms with van der Waals surface area (Å²) in [7, 11) is 0. The van der Waals surface area contributed by atoms with Gasteiger partial charge in [0.2, 0.25) is 5.91 Å². The van der Waals surface area contributed by atoms with E-state index in [-0.39, 0.29) is 23.4 Å². The lowest BCUT2D eigenvalue weighted by atomic mass is 10.1.